The van der Waals surface area contributed by atoms with Gasteiger partial charge in [-0.2, -0.15) is 0 Å². The van der Waals surface area contributed by atoms with Crippen molar-refractivity contribution in [1.29, 1.82) is 0 Å². The van der Waals surface area contributed by atoms with E-state index in [1.165, 1.54) is 92.5 Å². The summed E-state index contributed by atoms with van der Waals surface area (Å²) in [4.78, 5) is 2.41. The Kier molecular flexibility index (Phi) is 10.00. The zero-order valence-electron chi connectivity index (χ0n) is 37.8. The summed E-state index contributed by atoms with van der Waals surface area (Å²) in [7, 11) is 0. The summed E-state index contributed by atoms with van der Waals surface area (Å²) in [6, 6.07) is 101. The van der Waals surface area contributed by atoms with Crippen molar-refractivity contribution < 1.29 is 0 Å². The maximum Gasteiger partial charge on any atom is 0.0713 e. The molecule has 0 radical (unpaired) electrons. The molecule has 13 rings (SSSR count). The van der Waals surface area contributed by atoms with Crippen LogP contribution >= 0.6 is 11.3 Å². The Morgan fingerprint density at radius 1 is 0.261 bits per heavy atom. The van der Waals surface area contributed by atoms with E-state index >= 15 is 0 Å². The standard InChI is InChI=1S/C67H45NS/c1-4-17-46(18-5-1)51-41-52(47-19-6-2-7-20-47)43-53(42-51)48-31-36-56(37-32-48)68(58-24-16-21-49(44-58)50-33-40-66-62(45-50)61-27-12-15-30-65(61)69-66)57-38-34-55(35-39-57)67(54-22-8-3-9-23-54)63-28-13-10-25-59(63)60-26-11-14-29-64(60)67/h1-45H. The summed E-state index contributed by atoms with van der Waals surface area (Å²) >= 11 is 1.86. The van der Waals surface area contributed by atoms with Crippen molar-refractivity contribution >= 4 is 48.6 Å². The van der Waals surface area contributed by atoms with Gasteiger partial charge in [0.1, 0.15) is 0 Å². The lowest BCUT2D eigenvalue weighted by Crippen LogP contribution is -2.28. The minimum Gasteiger partial charge on any atom is -0.310 e. The van der Waals surface area contributed by atoms with Crippen LogP contribution in [-0.4, -0.2) is 0 Å². The van der Waals surface area contributed by atoms with Gasteiger partial charge in [-0.3, -0.25) is 0 Å². The van der Waals surface area contributed by atoms with Crippen LogP contribution in [0.5, 0.6) is 0 Å². The monoisotopic (exact) mass is 895 g/mol. The molecule has 12 aromatic rings. The lowest BCUT2D eigenvalue weighted by Gasteiger charge is -2.34. The molecular formula is C67H45NS. The molecule has 1 aliphatic rings. The van der Waals surface area contributed by atoms with Gasteiger partial charge in [0.05, 0.1) is 5.41 Å². The number of hydrogen-bond acceptors (Lipinski definition) is 2. The molecule has 0 amide bonds. The molecule has 0 saturated heterocycles. The Balaban J connectivity index is 0.954. The third-order valence-electron chi connectivity index (χ3n) is 14.1. The Morgan fingerprint density at radius 2 is 0.710 bits per heavy atom. The molecule has 324 valence electrons. The van der Waals surface area contributed by atoms with E-state index in [0.29, 0.717) is 0 Å². The lowest BCUT2D eigenvalue weighted by atomic mass is 9.68. The molecule has 1 aliphatic carbocycles. The van der Waals surface area contributed by atoms with Crippen molar-refractivity contribution in [2.24, 2.45) is 0 Å². The van der Waals surface area contributed by atoms with Gasteiger partial charge in [0.2, 0.25) is 0 Å². The second-order valence-electron chi connectivity index (χ2n) is 18.0. The van der Waals surface area contributed by atoms with E-state index in [1.54, 1.807) is 0 Å². The predicted molar refractivity (Wildman–Crippen MR) is 293 cm³/mol. The Bertz CT molecular complexity index is 3710. The van der Waals surface area contributed by atoms with Crippen LogP contribution in [0.4, 0.5) is 17.1 Å². The molecule has 0 atom stereocenters. The normalized spacial score (nSPS) is 12.5. The zero-order valence-corrected chi connectivity index (χ0v) is 38.7. The fourth-order valence-electron chi connectivity index (χ4n) is 10.9. The maximum absolute atomic E-state index is 2.41. The summed E-state index contributed by atoms with van der Waals surface area (Å²) in [5, 5.41) is 2.61. The highest BCUT2D eigenvalue weighted by Gasteiger charge is 2.45. The molecule has 1 aromatic heterocycles. The van der Waals surface area contributed by atoms with E-state index in [4.69, 9.17) is 0 Å². The molecule has 2 heteroatoms. The van der Waals surface area contributed by atoms with E-state index in [-0.39, 0.29) is 0 Å². The van der Waals surface area contributed by atoms with Crippen molar-refractivity contribution in [3.05, 3.63) is 295 Å². The predicted octanol–water partition coefficient (Wildman–Crippen LogP) is 18.6. The SMILES string of the molecule is c1ccc(-c2cc(-c3ccccc3)cc(-c3ccc(N(c4ccc(C5(c6ccccc6)c6ccccc6-c6ccccc65)cc4)c4cccc(-c5ccc6sc7ccccc7c6c5)c4)cc3)c2)cc1. The van der Waals surface area contributed by atoms with Gasteiger partial charge in [-0.05, 0) is 151 Å². The summed E-state index contributed by atoms with van der Waals surface area (Å²) in [6.07, 6.45) is 0. The van der Waals surface area contributed by atoms with Crippen LogP contribution in [0.1, 0.15) is 22.3 Å². The first-order valence-electron chi connectivity index (χ1n) is 23.7. The van der Waals surface area contributed by atoms with E-state index in [0.717, 1.165) is 22.6 Å². The number of rotatable bonds is 9. The van der Waals surface area contributed by atoms with Crippen LogP contribution in [0.15, 0.2) is 273 Å². The van der Waals surface area contributed by atoms with Gasteiger partial charge in [0.25, 0.3) is 0 Å². The summed E-state index contributed by atoms with van der Waals surface area (Å²) in [5.74, 6) is 0. The Hall–Kier alpha value is -8.56. The van der Waals surface area contributed by atoms with Crippen molar-refractivity contribution in [1.82, 2.24) is 0 Å². The first kappa shape index (κ1) is 40.7. The van der Waals surface area contributed by atoms with Crippen molar-refractivity contribution in [2.75, 3.05) is 4.90 Å². The van der Waals surface area contributed by atoms with E-state index in [1.807, 2.05) is 11.3 Å². The third kappa shape index (κ3) is 7.00. The second kappa shape index (κ2) is 16.9. The average molecular weight is 896 g/mol. The van der Waals surface area contributed by atoms with Crippen LogP contribution < -0.4 is 4.90 Å². The van der Waals surface area contributed by atoms with Crippen molar-refractivity contribution in [3.63, 3.8) is 0 Å². The number of benzene rings is 11. The number of thiophene rings is 1. The minimum atomic E-state index is -0.475. The first-order valence-corrected chi connectivity index (χ1v) is 24.5. The van der Waals surface area contributed by atoms with Gasteiger partial charge < -0.3 is 4.90 Å². The molecule has 0 fully saturated rings. The zero-order chi connectivity index (χ0) is 45.7. The highest BCUT2D eigenvalue weighted by molar-refractivity contribution is 7.25. The van der Waals surface area contributed by atoms with Gasteiger partial charge in [0.15, 0.2) is 0 Å². The van der Waals surface area contributed by atoms with Gasteiger partial charge in [-0.1, -0.05) is 200 Å². The fourth-order valence-corrected chi connectivity index (χ4v) is 12.0. The number of hydrogen-bond donors (Lipinski definition) is 0. The third-order valence-corrected chi connectivity index (χ3v) is 15.3. The van der Waals surface area contributed by atoms with Gasteiger partial charge >= 0.3 is 0 Å². The highest BCUT2D eigenvalue weighted by atomic mass is 32.1. The molecule has 0 bridgehead atoms. The average Bonchev–Trinajstić information content (AvgIpc) is 3.96. The number of anilines is 3. The molecule has 0 unspecified atom stereocenters. The smallest absolute Gasteiger partial charge is 0.0713 e. The quantitative estimate of drug-likeness (QED) is 0.140. The Morgan fingerprint density at radius 3 is 1.33 bits per heavy atom. The molecule has 0 spiro atoms. The van der Waals surface area contributed by atoms with Crippen molar-refractivity contribution in [2.45, 2.75) is 5.41 Å². The molecule has 0 N–H and O–H groups in total. The highest BCUT2D eigenvalue weighted by Crippen LogP contribution is 2.56. The van der Waals surface area contributed by atoms with Crippen LogP contribution in [0.25, 0.3) is 75.8 Å². The van der Waals surface area contributed by atoms with Crippen LogP contribution in [0.3, 0.4) is 0 Å². The topological polar surface area (TPSA) is 3.24 Å². The molecule has 0 aliphatic heterocycles. The summed E-state index contributed by atoms with van der Waals surface area (Å²) in [6.45, 7) is 0. The van der Waals surface area contributed by atoms with E-state index in [2.05, 4.69) is 278 Å². The van der Waals surface area contributed by atoms with Crippen LogP contribution in [-0.2, 0) is 5.41 Å². The molecule has 1 nitrogen and oxygen atoms in total. The molecule has 69 heavy (non-hydrogen) atoms. The molecule has 11 aromatic carbocycles. The molecule has 0 saturated carbocycles. The van der Waals surface area contributed by atoms with Crippen molar-refractivity contribution in [3.8, 4) is 55.6 Å². The largest absolute Gasteiger partial charge is 0.310 e. The van der Waals surface area contributed by atoms with Gasteiger partial charge in [-0.15, -0.1) is 11.3 Å². The fraction of sp³-hybridized carbons (Fsp3) is 0.0149. The van der Waals surface area contributed by atoms with Crippen LogP contribution in [0.2, 0.25) is 0 Å². The number of fused-ring (bicyclic) bond motifs is 6. The molecule has 1 heterocycles. The molecular weight excluding hydrogens is 851 g/mol. The van der Waals surface area contributed by atoms with E-state index in [9.17, 15) is 0 Å². The Labute approximate surface area is 407 Å². The summed E-state index contributed by atoms with van der Waals surface area (Å²) < 4.78 is 2.63. The summed E-state index contributed by atoms with van der Waals surface area (Å²) in [5.41, 5.74) is 20.0. The second-order valence-corrected chi connectivity index (χ2v) is 19.1. The first-order chi connectivity index (χ1) is 34.2. The van der Waals surface area contributed by atoms with Gasteiger partial charge in [0, 0.05) is 37.2 Å². The lowest BCUT2D eigenvalue weighted by molar-refractivity contribution is 0.768. The van der Waals surface area contributed by atoms with Crippen LogP contribution in [0, 0.1) is 0 Å². The minimum absolute atomic E-state index is 0.475. The van der Waals surface area contributed by atoms with E-state index < -0.39 is 5.41 Å². The van der Waals surface area contributed by atoms with Gasteiger partial charge in [-0.25, -0.2) is 0 Å². The number of nitrogens with zero attached hydrogens (tertiary/aromatic N) is 1. The maximum atomic E-state index is 2.41.